The Hall–Kier alpha value is -3.48. The first-order chi connectivity index (χ1) is 18.6. The molecule has 0 saturated carbocycles. The van der Waals surface area contributed by atoms with Crippen molar-refractivity contribution >= 4 is 56.1 Å². The fourth-order valence-electron chi connectivity index (χ4n) is 4.59. The summed E-state index contributed by atoms with van der Waals surface area (Å²) in [6.07, 6.45) is 2.61. The number of ether oxygens (including phenoxy) is 2. The van der Waals surface area contributed by atoms with Crippen molar-refractivity contribution in [3.63, 3.8) is 0 Å². The predicted octanol–water partition coefficient (Wildman–Crippen LogP) is 3.84. The number of fused-ring (bicyclic) bond motifs is 1. The van der Waals surface area contributed by atoms with Gasteiger partial charge in [0.25, 0.3) is 0 Å². The van der Waals surface area contributed by atoms with Crippen molar-refractivity contribution in [2.24, 2.45) is 0 Å². The van der Waals surface area contributed by atoms with Crippen LogP contribution in [0, 0.1) is 6.92 Å². The van der Waals surface area contributed by atoms with Gasteiger partial charge in [0.2, 0.25) is 16.0 Å². The van der Waals surface area contributed by atoms with E-state index >= 15 is 0 Å². The lowest BCUT2D eigenvalue weighted by Crippen LogP contribution is -2.44. The lowest BCUT2D eigenvalue weighted by atomic mass is 10.1. The van der Waals surface area contributed by atoms with Crippen molar-refractivity contribution in [1.29, 1.82) is 0 Å². The maximum absolute atomic E-state index is 12.4. The van der Waals surface area contributed by atoms with E-state index in [4.69, 9.17) is 21.1 Å². The summed E-state index contributed by atoms with van der Waals surface area (Å²) in [4.78, 5) is 13.6. The Morgan fingerprint density at radius 2 is 1.79 bits per heavy atom. The van der Waals surface area contributed by atoms with E-state index in [0.717, 1.165) is 48.0 Å². The van der Waals surface area contributed by atoms with Crippen LogP contribution in [0.3, 0.4) is 0 Å². The zero-order valence-electron chi connectivity index (χ0n) is 22.4. The van der Waals surface area contributed by atoms with Crippen LogP contribution in [0.25, 0.3) is 0 Å². The van der Waals surface area contributed by atoms with Crippen molar-refractivity contribution in [3.05, 3.63) is 47.1 Å². The first kappa shape index (κ1) is 27.1. The Labute approximate surface area is 233 Å². The molecule has 0 unspecified atom stereocenters. The van der Waals surface area contributed by atoms with Gasteiger partial charge in [0, 0.05) is 44.6 Å². The topological polar surface area (TPSA) is 112 Å². The van der Waals surface area contributed by atoms with Crippen molar-refractivity contribution in [3.8, 4) is 11.5 Å². The molecular weight excluding hydrogens is 542 g/mol. The number of rotatable bonds is 7. The molecule has 1 fully saturated rings. The first-order valence-electron chi connectivity index (χ1n) is 12.6. The molecule has 0 radical (unpaired) electrons. The third-order valence-corrected chi connectivity index (χ3v) is 8.24. The van der Waals surface area contributed by atoms with Crippen LogP contribution in [0.5, 0.6) is 11.5 Å². The second kappa shape index (κ2) is 10.9. The molecule has 0 atom stereocenters. The summed E-state index contributed by atoms with van der Waals surface area (Å²) in [6.45, 7) is 6.85. The summed E-state index contributed by atoms with van der Waals surface area (Å²) in [5.74, 6) is 1.44. The van der Waals surface area contributed by atoms with Crippen molar-refractivity contribution in [2.45, 2.75) is 6.92 Å². The Kier molecular flexibility index (Phi) is 7.61. The summed E-state index contributed by atoms with van der Waals surface area (Å²) in [5.41, 5.74) is 3.95. The number of benzene rings is 2. The fraction of sp³-hybridized carbons (Fsp3) is 0.385. The molecule has 13 heteroatoms. The minimum Gasteiger partial charge on any atom is -0.486 e. The molecule has 3 heterocycles. The van der Waals surface area contributed by atoms with E-state index < -0.39 is 10.0 Å². The number of likely N-dealkylation sites (N-methyl/N-ethyl adjacent to an activating group) is 1. The summed E-state index contributed by atoms with van der Waals surface area (Å²) in [6, 6.07) is 9.61. The van der Waals surface area contributed by atoms with Crippen LogP contribution in [0.1, 0.15) is 5.56 Å². The standard InChI is InChI=1S/C26H32ClN7O4S/c1-17-15-18(5-7-21(17)34-11-9-32(2)10-12-34)29-26-28-16-19(27)25(31-26)30-20-6-8-22-24(38-14-13-37-22)23(20)33(3)39(4,35)36/h5-8,15-16H,9-14H2,1-4H3,(H2,28,29,30,31). The minimum absolute atomic E-state index is 0.269. The lowest BCUT2D eigenvalue weighted by molar-refractivity contribution is 0.172. The molecule has 39 heavy (non-hydrogen) atoms. The minimum atomic E-state index is -3.61. The van der Waals surface area contributed by atoms with Crippen LogP contribution < -0.4 is 29.3 Å². The number of halogens is 1. The first-order valence-corrected chi connectivity index (χ1v) is 14.8. The second-order valence-corrected chi connectivity index (χ2v) is 12.1. The number of aryl methyl sites for hydroxylation is 1. The van der Waals surface area contributed by atoms with Gasteiger partial charge in [-0.3, -0.25) is 4.31 Å². The molecule has 3 aromatic rings. The Morgan fingerprint density at radius 3 is 2.51 bits per heavy atom. The number of nitrogens with one attached hydrogen (secondary N) is 2. The normalized spacial score (nSPS) is 15.7. The number of aromatic nitrogens is 2. The van der Waals surface area contributed by atoms with Gasteiger partial charge in [0.1, 0.15) is 23.9 Å². The van der Waals surface area contributed by atoms with E-state index in [2.05, 4.69) is 56.5 Å². The molecule has 0 bridgehead atoms. The third-order valence-electron chi connectivity index (χ3n) is 6.79. The number of anilines is 6. The number of nitrogens with zero attached hydrogens (tertiary/aromatic N) is 5. The molecule has 5 rings (SSSR count). The van der Waals surface area contributed by atoms with E-state index in [-0.39, 0.29) is 5.02 Å². The molecule has 208 valence electrons. The van der Waals surface area contributed by atoms with Gasteiger partial charge >= 0.3 is 0 Å². The highest BCUT2D eigenvalue weighted by Gasteiger charge is 2.27. The highest BCUT2D eigenvalue weighted by atomic mass is 35.5. The highest BCUT2D eigenvalue weighted by molar-refractivity contribution is 7.92. The highest BCUT2D eigenvalue weighted by Crippen LogP contribution is 2.46. The van der Waals surface area contributed by atoms with Crippen LogP contribution in [0.15, 0.2) is 36.5 Å². The number of piperazine rings is 1. The summed E-state index contributed by atoms with van der Waals surface area (Å²) >= 11 is 6.44. The number of sulfonamides is 1. The Balaban J connectivity index is 1.40. The zero-order valence-corrected chi connectivity index (χ0v) is 23.9. The quantitative estimate of drug-likeness (QED) is 0.432. The summed E-state index contributed by atoms with van der Waals surface area (Å²) in [5, 5.41) is 6.68. The van der Waals surface area contributed by atoms with Crippen molar-refractivity contribution in [1.82, 2.24) is 14.9 Å². The zero-order chi connectivity index (χ0) is 27.7. The van der Waals surface area contributed by atoms with Crippen molar-refractivity contribution < 1.29 is 17.9 Å². The molecule has 0 spiro atoms. The largest absolute Gasteiger partial charge is 0.486 e. The third kappa shape index (κ3) is 5.92. The van der Waals surface area contributed by atoms with E-state index in [1.807, 2.05) is 6.07 Å². The fourth-order valence-corrected chi connectivity index (χ4v) is 5.24. The van der Waals surface area contributed by atoms with Gasteiger partial charge in [-0.1, -0.05) is 11.6 Å². The van der Waals surface area contributed by atoms with Crippen LogP contribution in [-0.4, -0.2) is 83.0 Å². The van der Waals surface area contributed by atoms with Crippen LogP contribution in [0.2, 0.25) is 5.02 Å². The molecule has 1 aromatic heterocycles. The van der Waals surface area contributed by atoms with E-state index in [1.165, 1.54) is 18.9 Å². The molecule has 0 aliphatic carbocycles. The summed E-state index contributed by atoms with van der Waals surface area (Å²) in [7, 11) is -0.00890. The van der Waals surface area contributed by atoms with Crippen LogP contribution >= 0.6 is 11.6 Å². The second-order valence-electron chi connectivity index (χ2n) is 9.65. The van der Waals surface area contributed by atoms with E-state index in [0.29, 0.717) is 47.9 Å². The molecule has 2 aromatic carbocycles. The van der Waals surface area contributed by atoms with Crippen LogP contribution in [0.4, 0.5) is 34.5 Å². The van der Waals surface area contributed by atoms with Gasteiger partial charge in [-0.25, -0.2) is 13.4 Å². The van der Waals surface area contributed by atoms with Crippen molar-refractivity contribution in [2.75, 3.05) is 79.6 Å². The maximum Gasteiger partial charge on any atom is 0.232 e. The average molecular weight is 574 g/mol. The van der Waals surface area contributed by atoms with Gasteiger partial charge < -0.3 is 29.9 Å². The molecular formula is C26H32ClN7O4S. The predicted molar refractivity (Wildman–Crippen MR) is 155 cm³/mol. The monoisotopic (exact) mass is 573 g/mol. The average Bonchev–Trinajstić information content (AvgIpc) is 2.90. The molecule has 2 aliphatic rings. The van der Waals surface area contributed by atoms with Gasteiger partial charge in [-0.05, 0) is 49.9 Å². The van der Waals surface area contributed by atoms with Gasteiger partial charge in [-0.2, -0.15) is 4.98 Å². The molecule has 1 saturated heterocycles. The van der Waals surface area contributed by atoms with Gasteiger partial charge in [-0.15, -0.1) is 0 Å². The maximum atomic E-state index is 12.4. The lowest BCUT2D eigenvalue weighted by Gasteiger charge is -2.35. The number of hydrogen-bond donors (Lipinski definition) is 2. The smallest absolute Gasteiger partial charge is 0.232 e. The Morgan fingerprint density at radius 1 is 1.05 bits per heavy atom. The van der Waals surface area contributed by atoms with Crippen LogP contribution in [-0.2, 0) is 10.0 Å². The Bertz CT molecular complexity index is 1480. The molecule has 2 N–H and O–H groups in total. The molecule has 0 amide bonds. The molecule has 2 aliphatic heterocycles. The SMILES string of the molecule is Cc1cc(Nc2ncc(Cl)c(Nc3ccc4c(c3N(C)S(C)(=O)=O)OCCO4)n2)ccc1N1CCN(C)CC1. The number of hydrogen-bond acceptors (Lipinski definition) is 10. The van der Waals surface area contributed by atoms with E-state index in [9.17, 15) is 8.42 Å². The van der Waals surface area contributed by atoms with Gasteiger partial charge in [0.15, 0.2) is 17.3 Å². The summed E-state index contributed by atoms with van der Waals surface area (Å²) < 4.78 is 37.5. The van der Waals surface area contributed by atoms with Gasteiger partial charge in [0.05, 0.1) is 18.1 Å². The van der Waals surface area contributed by atoms with E-state index in [1.54, 1.807) is 12.1 Å². The molecule has 11 nitrogen and oxygen atoms in total.